The van der Waals surface area contributed by atoms with E-state index in [2.05, 4.69) is 136 Å². The van der Waals surface area contributed by atoms with Crippen molar-refractivity contribution in [3.05, 3.63) is 134 Å². The standard InChI is InChI=1S/C66H107O11P/c1-4-7-10-13-16-19-22-25-27-29-31-33-35-38-40-43-46-49-52-55-64(68)73-59-63(77-66(70)57-54-51-48-45-42-39-36-34-32-30-28-26-23-20-17-14-11-8-5-2)61-75-78(71,72)74-60-62(58-67)76-65(69)56-53-50-47-44-41-37-24-21-18-15-12-9-6-3/h8-9,11-12,16-21,25-28,32,34,37,39,41-42,47,50,62-63,67H,4-7,10,13-15,22-24,29-31,33,35-36,38,40,43-46,48-49,51-61H2,1-3H3,(H,71,72)/b11-8-,12-9-,19-16-,20-17-,21-18-,27-25-,28-26-,34-32-,41-37-,42-39-,50-47-. The van der Waals surface area contributed by atoms with E-state index in [0.29, 0.717) is 19.3 Å². The minimum atomic E-state index is -4.79. The molecule has 0 aromatic rings. The Hall–Kier alpha value is -4.38. The molecule has 11 nitrogen and oxygen atoms in total. The van der Waals surface area contributed by atoms with Crippen LogP contribution in [0.3, 0.4) is 0 Å². The van der Waals surface area contributed by atoms with Crippen LogP contribution in [0.1, 0.15) is 226 Å². The Bertz CT molecular complexity index is 1820. The molecular formula is C66H107O11P. The Balaban J connectivity index is 4.85. The molecule has 78 heavy (non-hydrogen) atoms. The summed E-state index contributed by atoms with van der Waals surface area (Å²) in [5.74, 6) is -1.61. The zero-order valence-corrected chi connectivity index (χ0v) is 49.7. The van der Waals surface area contributed by atoms with Crippen LogP contribution in [0, 0.1) is 0 Å². The fourth-order valence-corrected chi connectivity index (χ4v) is 8.33. The number of allylic oxidation sites excluding steroid dienone is 22. The lowest BCUT2D eigenvalue weighted by Crippen LogP contribution is -2.30. The van der Waals surface area contributed by atoms with Crippen LogP contribution < -0.4 is 0 Å². The molecule has 0 saturated heterocycles. The Labute approximate surface area is 474 Å². The topological polar surface area (TPSA) is 155 Å². The highest BCUT2D eigenvalue weighted by atomic mass is 31.2. The molecule has 0 amide bonds. The summed E-state index contributed by atoms with van der Waals surface area (Å²) in [7, 11) is -4.79. The van der Waals surface area contributed by atoms with Gasteiger partial charge in [0.2, 0.25) is 0 Å². The fraction of sp³-hybridized carbons (Fsp3) is 0.621. The molecule has 0 aromatic carbocycles. The van der Waals surface area contributed by atoms with Crippen molar-refractivity contribution in [3.63, 3.8) is 0 Å². The third-order valence-electron chi connectivity index (χ3n) is 12.1. The number of phosphoric ester groups is 1. The summed E-state index contributed by atoms with van der Waals surface area (Å²) in [6.07, 6.45) is 74.3. The second-order valence-electron chi connectivity index (χ2n) is 19.4. The number of unbranched alkanes of at least 4 members (excludes halogenated alkanes) is 15. The summed E-state index contributed by atoms with van der Waals surface area (Å²) in [5.41, 5.74) is 0. The number of hydrogen-bond acceptors (Lipinski definition) is 10. The molecule has 0 aromatic heterocycles. The molecule has 0 rings (SSSR count). The first kappa shape index (κ1) is 73.6. The van der Waals surface area contributed by atoms with Gasteiger partial charge in [-0.25, -0.2) is 4.57 Å². The monoisotopic (exact) mass is 1110 g/mol. The third-order valence-corrected chi connectivity index (χ3v) is 13.0. The molecule has 0 spiro atoms. The van der Waals surface area contributed by atoms with Crippen LogP contribution in [0.5, 0.6) is 0 Å². The summed E-state index contributed by atoms with van der Waals surface area (Å²) in [4.78, 5) is 48.6. The SMILES string of the molecule is CC/C=C\C/C=C\C/C=C\C/C=C\C/C=C\CCCCCC(=O)OC(COC(=O)CCCCCCCCCCC/C=C\C/C=C\CCCCC)COP(=O)(O)OCC(CO)OC(=O)CC/C=C\C/C=C\C/C=C\C/C=C\CC. The maximum absolute atomic E-state index is 12.9. The number of carbonyl (C=O) groups is 3. The van der Waals surface area contributed by atoms with Gasteiger partial charge in [-0.05, 0) is 122 Å². The van der Waals surface area contributed by atoms with Gasteiger partial charge in [-0.2, -0.15) is 0 Å². The van der Waals surface area contributed by atoms with Gasteiger partial charge in [-0.15, -0.1) is 0 Å². The molecule has 0 aliphatic heterocycles. The number of esters is 3. The van der Waals surface area contributed by atoms with Gasteiger partial charge < -0.3 is 24.2 Å². The van der Waals surface area contributed by atoms with Crippen LogP contribution in [-0.2, 0) is 42.2 Å². The highest BCUT2D eigenvalue weighted by molar-refractivity contribution is 7.47. The maximum Gasteiger partial charge on any atom is 0.472 e. The molecular weight excluding hydrogens is 1000 g/mol. The van der Waals surface area contributed by atoms with Crippen LogP contribution in [-0.4, -0.2) is 66.5 Å². The summed E-state index contributed by atoms with van der Waals surface area (Å²) in [5, 5.41) is 9.80. The largest absolute Gasteiger partial charge is 0.472 e. The quantitative estimate of drug-likeness (QED) is 0.0197. The van der Waals surface area contributed by atoms with Gasteiger partial charge in [-0.1, -0.05) is 219 Å². The van der Waals surface area contributed by atoms with Crippen molar-refractivity contribution >= 4 is 25.7 Å². The summed E-state index contributed by atoms with van der Waals surface area (Å²) < 4.78 is 39.5. The van der Waals surface area contributed by atoms with Crippen LogP contribution >= 0.6 is 7.82 Å². The smallest absolute Gasteiger partial charge is 0.462 e. The van der Waals surface area contributed by atoms with E-state index in [4.69, 9.17) is 23.3 Å². The molecule has 0 radical (unpaired) electrons. The number of phosphoric acid groups is 1. The van der Waals surface area contributed by atoms with E-state index < -0.39 is 57.8 Å². The fourth-order valence-electron chi connectivity index (χ4n) is 7.54. The van der Waals surface area contributed by atoms with E-state index >= 15 is 0 Å². The van der Waals surface area contributed by atoms with Crippen molar-refractivity contribution < 1.29 is 52.2 Å². The van der Waals surface area contributed by atoms with Crippen molar-refractivity contribution in [1.29, 1.82) is 0 Å². The summed E-state index contributed by atoms with van der Waals surface area (Å²) in [6, 6.07) is 0. The van der Waals surface area contributed by atoms with Crippen molar-refractivity contribution in [2.24, 2.45) is 0 Å². The van der Waals surface area contributed by atoms with Crippen molar-refractivity contribution in [2.75, 3.05) is 26.4 Å². The Kier molecular flexibility index (Phi) is 55.5. The van der Waals surface area contributed by atoms with E-state index in [-0.39, 0.29) is 25.9 Å². The predicted octanol–water partition coefficient (Wildman–Crippen LogP) is 18.1. The van der Waals surface area contributed by atoms with E-state index in [1.807, 2.05) is 18.2 Å². The Morgan fingerprint density at radius 1 is 0.372 bits per heavy atom. The molecule has 3 atom stereocenters. The van der Waals surface area contributed by atoms with Gasteiger partial charge in [0.25, 0.3) is 0 Å². The van der Waals surface area contributed by atoms with Crippen molar-refractivity contribution in [2.45, 2.75) is 238 Å². The third kappa shape index (κ3) is 56.3. The van der Waals surface area contributed by atoms with Crippen LogP contribution in [0.25, 0.3) is 0 Å². The number of carbonyl (C=O) groups excluding carboxylic acids is 3. The molecule has 2 N–H and O–H groups in total. The van der Waals surface area contributed by atoms with E-state index in [1.165, 1.54) is 57.8 Å². The molecule has 3 unspecified atom stereocenters. The zero-order valence-electron chi connectivity index (χ0n) is 48.8. The number of aliphatic hydroxyl groups is 1. The first-order chi connectivity index (χ1) is 38.2. The summed E-state index contributed by atoms with van der Waals surface area (Å²) >= 11 is 0. The number of rotatable bonds is 54. The van der Waals surface area contributed by atoms with Gasteiger partial charge in [0, 0.05) is 19.3 Å². The van der Waals surface area contributed by atoms with Gasteiger partial charge in [0.15, 0.2) is 6.10 Å². The predicted molar refractivity (Wildman–Crippen MR) is 325 cm³/mol. The molecule has 12 heteroatoms. The second kappa shape index (κ2) is 58.8. The lowest BCUT2D eigenvalue weighted by Gasteiger charge is -2.21. The molecule has 0 heterocycles. The maximum atomic E-state index is 12.9. The molecule has 0 aliphatic carbocycles. The van der Waals surface area contributed by atoms with E-state index in [1.54, 1.807) is 0 Å². The molecule has 0 fully saturated rings. The average molecular weight is 1110 g/mol. The summed E-state index contributed by atoms with van der Waals surface area (Å²) in [6.45, 7) is 4.26. The zero-order chi connectivity index (χ0) is 56.9. The average Bonchev–Trinajstić information content (AvgIpc) is 3.43. The lowest BCUT2D eigenvalue weighted by atomic mass is 10.1. The molecule has 0 aliphatic rings. The van der Waals surface area contributed by atoms with E-state index in [9.17, 15) is 28.9 Å². The first-order valence-corrected chi connectivity index (χ1v) is 31.6. The minimum absolute atomic E-state index is 0.0465. The minimum Gasteiger partial charge on any atom is -0.462 e. The highest BCUT2D eigenvalue weighted by Gasteiger charge is 2.28. The van der Waals surface area contributed by atoms with Gasteiger partial charge in [-0.3, -0.25) is 23.4 Å². The van der Waals surface area contributed by atoms with Crippen LogP contribution in [0.15, 0.2) is 134 Å². The number of hydrogen-bond donors (Lipinski definition) is 2. The van der Waals surface area contributed by atoms with Crippen LogP contribution in [0.4, 0.5) is 0 Å². The molecule has 0 saturated carbocycles. The lowest BCUT2D eigenvalue weighted by molar-refractivity contribution is -0.161. The Morgan fingerprint density at radius 3 is 1.12 bits per heavy atom. The molecule has 0 bridgehead atoms. The van der Waals surface area contributed by atoms with Crippen molar-refractivity contribution in [1.82, 2.24) is 0 Å². The Morgan fingerprint density at radius 2 is 0.692 bits per heavy atom. The van der Waals surface area contributed by atoms with Crippen molar-refractivity contribution in [3.8, 4) is 0 Å². The van der Waals surface area contributed by atoms with Gasteiger partial charge in [0.1, 0.15) is 12.7 Å². The van der Waals surface area contributed by atoms with Gasteiger partial charge >= 0.3 is 25.7 Å². The normalized spacial score (nSPS) is 14.3. The number of aliphatic hydroxyl groups excluding tert-OH is 1. The van der Waals surface area contributed by atoms with Crippen LogP contribution in [0.2, 0.25) is 0 Å². The number of ether oxygens (including phenoxy) is 3. The van der Waals surface area contributed by atoms with E-state index in [0.717, 1.165) is 109 Å². The highest BCUT2D eigenvalue weighted by Crippen LogP contribution is 2.43. The molecule has 442 valence electrons. The second-order valence-corrected chi connectivity index (χ2v) is 20.8. The first-order valence-electron chi connectivity index (χ1n) is 30.1. The van der Waals surface area contributed by atoms with Gasteiger partial charge in [0.05, 0.1) is 19.8 Å².